The molecule has 0 aromatic heterocycles. The average molecular weight is 324 g/mol. The number of ether oxygens (including phenoxy) is 1. The van der Waals surface area contributed by atoms with Crippen molar-refractivity contribution >= 4 is 23.2 Å². The summed E-state index contributed by atoms with van der Waals surface area (Å²) in [6.45, 7) is 1.48. The van der Waals surface area contributed by atoms with Crippen LogP contribution in [0.15, 0.2) is 54.6 Å². The number of para-hydroxylation sites is 1. The van der Waals surface area contributed by atoms with Crippen molar-refractivity contribution in [3.63, 3.8) is 0 Å². The zero-order valence-electron chi connectivity index (χ0n) is 13.6. The maximum atomic E-state index is 12.6. The third kappa shape index (κ3) is 4.13. The summed E-state index contributed by atoms with van der Waals surface area (Å²) < 4.78 is 5.58. The third-order valence-electron chi connectivity index (χ3n) is 3.75. The summed E-state index contributed by atoms with van der Waals surface area (Å²) in [5, 5.41) is 2.72. The van der Waals surface area contributed by atoms with E-state index in [4.69, 9.17) is 4.74 Å². The fraction of sp³-hybridized carbons (Fsp3) is 0.263. The quantitative estimate of drug-likeness (QED) is 0.887. The molecule has 124 valence electrons. The van der Waals surface area contributed by atoms with Gasteiger partial charge < -0.3 is 15.0 Å². The average Bonchev–Trinajstić information content (AvgIpc) is 3.40. The van der Waals surface area contributed by atoms with E-state index in [1.165, 1.54) is 6.92 Å². The van der Waals surface area contributed by atoms with Gasteiger partial charge in [0, 0.05) is 24.3 Å². The summed E-state index contributed by atoms with van der Waals surface area (Å²) in [7, 11) is 0. The first-order valence-corrected chi connectivity index (χ1v) is 8.01. The van der Waals surface area contributed by atoms with Gasteiger partial charge in [-0.2, -0.15) is 0 Å². The molecule has 1 fully saturated rings. The van der Waals surface area contributed by atoms with Crippen LogP contribution in [-0.2, 0) is 9.59 Å². The normalized spacial score (nSPS) is 13.2. The second-order valence-corrected chi connectivity index (χ2v) is 5.82. The number of rotatable bonds is 6. The van der Waals surface area contributed by atoms with Crippen LogP contribution in [0.1, 0.15) is 19.8 Å². The van der Waals surface area contributed by atoms with Crippen molar-refractivity contribution in [1.29, 1.82) is 0 Å². The number of hydrogen-bond donors (Lipinski definition) is 1. The number of benzene rings is 2. The van der Waals surface area contributed by atoms with Crippen molar-refractivity contribution in [3.05, 3.63) is 54.6 Å². The van der Waals surface area contributed by atoms with Gasteiger partial charge in [-0.3, -0.25) is 9.59 Å². The van der Waals surface area contributed by atoms with E-state index in [0.29, 0.717) is 5.75 Å². The summed E-state index contributed by atoms with van der Waals surface area (Å²) in [4.78, 5) is 25.5. The number of amides is 2. The van der Waals surface area contributed by atoms with Gasteiger partial charge in [-0.05, 0) is 49.2 Å². The molecule has 0 unspecified atom stereocenters. The van der Waals surface area contributed by atoms with E-state index in [1.54, 1.807) is 17.0 Å². The van der Waals surface area contributed by atoms with Crippen molar-refractivity contribution in [2.45, 2.75) is 25.8 Å². The fourth-order valence-electron chi connectivity index (χ4n) is 2.53. The second kappa shape index (κ2) is 7.17. The van der Waals surface area contributed by atoms with Crippen molar-refractivity contribution in [2.24, 2.45) is 0 Å². The van der Waals surface area contributed by atoms with E-state index in [-0.39, 0.29) is 24.5 Å². The van der Waals surface area contributed by atoms with Crippen molar-refractivity contribution in [1.82, 2.24) is 0 Å². The minimum absolute atomic E-state index is 0.00790. The Morgan fingerprint density at radius 1 is 1.08 bits per heavy atom. The van der Waals surface area contributed by atoms with E-state index in [9.17, 15) is 9.59 Å². The highest BCUT2D eigenvalue weighted by molar-refractivity contribution is 5.96. The van der Waals surface area contributed by atoms with Gasteiger partial charge in [0.25, 0.3) is 5.91 Å². The first kappa shape index (κ1) is 16.1. The zero-order chi connectivity index (χ0) is 16.9. The van der Waals surface area contributed by atoms with Crippen LogP contribution >= 0.6 is 0 Å². The van der Waals surface area contributed by atoms with E-state index < -0.39 is 0 Å². The number of carbonyl (C=O) groups is 2. The summed E-state index contributed by atoms with van der Waals surface area (Å²) in [5.74, 6) is 0.505. The molecule has 0 spiro atoms. The Morgan fingerprint density at radius 3 is 2.33 bits per heavy atom. The van der Waals surface area contributed by atoms with E-state index in [1.807, 2.05) is 42.5 Å². The molecule has 0 heterocycles. The number of carbonyl (C=O) groups excluding carboxylic acids is 2. The largest absolute Gasteiger partial charge is 0.484 e. The summed E-state index contributed by atoms with van der Waals surface area (Å²) in [5.41, 5.74) is 1.54. The molecule has 3 rings (SSSR count). The van der Waals surface area contributed by atoms with E-state index in [2.05, 4.69) is 5.32 Å². The molecule has 1 N–H and O–H groups in total. The van der Waals surface area contributed by atoms with Gasteiger partial charge in [0.05, 0.1) is 0 Å². The lowest BCUT2D eigenvalue weighted by Gasteiger charge is -2.23. The van der Waals surface area contributed by atoms with Crippen LogP contribution in [0.2, 0.25) is 0 Å². The predicted molar refractivity (Wildman–Crippen MR) is 93.2 cm³/mol. The Morgan fingerprint density at radius 2 is 1.75 bits per heavy atom. The first-order chi connectivity index (χ1) is 11.6. The Balaban J connectivity index is 1.67. The van der Waals surface area contributed by atoms with Crippen LogP contribution in [0, 0.1) is 0 Å². The molecule has 5 nitrogen and oxygen atoms in total. The predicted octanol–water partition coefficient (Wildman–Crippen LogP) is 3.22. The highest BCUT2D eigenvalue weighted by Crippen LogP contribution is 2.32. The second-order valence-electron chi connectivity index (χ2n) is 5.82. The van der Waals surface area contributed by atoms with Crippen molar-refractivity contribution in [2.75, 3.05) is 16.8 Å². The molecule has 2 aromatic rings. The van der Waals surface area contributed by atoms with E-state index in [0.717, 1.165) is 24.2 Å². The third-order valence-corrected chi connectivity index (χ3v) is 3.75. The summed E-state index contributed by atoms with van der Waals surface area (Å²) >= 11 is 0. The standard InChI is InChI=1S/C19H20N2O3/c1-14(22)20-15-7-9-16(10-8-15)21(17-11-12-17)19(23)13-24-18-5-3-2-4-6-18/h2-10,17H,11-13H2,1H3,(H,20,22). The molecule has 1 saturated carbocycles. The maximum Gasteiger partial charge on any atom is 0.265 e. The minimum Gasteiger partial charge on any atom is -0.484 e. The van der Waals surface area contributed by atoms with Crippen molar-refractivity contribution in [3.8, 4) is 5.75 Å². The molecule has 24 heavy (non-hydrogen) atoms. The van der Waals surface area contributed by atoms with Crippen LogP contribution in [-0.4, -0.2) is 24.5 Å². The number of nitrogens with one attached hydrogen (secondary N) is 1. The van der Waals surface area contributed by atoms with Gasteiger partial charge in [-0.15, -0.1) is 0 Å². The van der Waals surface area contributed by atoms with Crippen molar-refractivity contribution < 1.29 is 14.3 Å². The molecule has 0 aliphatic heterocycles. The summed E-state index contributed by atoms with van der Waals surface area (Å²) in [6.07, 6.45) is 2.01. The topological polar surface area (TPSA) is 58.6 Å². The van der Waals surface area contributed by atoms with Gasteiger partial charge in [0.15, 0.2) is 6.61 Å². The highest BCUT2D eigenvalue weighted by Gasteiger charge is 2.33. The molecule has 1 aliphatic rings. The van der Waals surface area contributed by atoms with Crippen LogP contribution in [0.5, 0.6) is 5.75 Å². The Hall–Kier alpha value is -2.82. The molecule has 2 amide bonds. The van der Waals surface area contributed by atoms with Gasteiger partial charge in [-0.1, -0.05) is 18.2 Å². The lowest BCUT2D eigenvalue weighted by molar-refractivity contribution is -0.120. The van der Waals surface area contributed by atoms with Gasteiger partial charge >= 0.3 is 0 Å². The van der Waals surface area contributed by atoms with Crippen LogP contribution in [0.25, 0.3) is 0 Å². The van der Waals surface area contributed by atoms with Crippen LogP contribution < -0.4 is 15.0 Å². The SMILES string of the molecule is CC(=O)Nc1ccc(N(C(=O)COc2ccccc2)C2CC2)cc1. The van der Waals surface area contributed by atoms with E-state index >= 15 is 0 Å². The van der Waals surface area contributed by atoms with Crippen LogP contribution in [0.3, 0.4) is 0 Å². The lowest BCUT2D eigenvalue weighted by atomic mass is 10.2. The number of hydrogen-bond acceptors (Lipinski definition) is 3. The summed E-state index contributed by atoms with van der Waals surface area (Å²) in [6, 6.07) is 16.9. The van der Waals surface area contributed by atoms with Gasteiger partial charge in [-0.25, -0.2) is 0 Å². The van der Waals surface area contributed by atoms with Gasteiger partial charge in [0.2, 0.25) is 5.91 Å². The number of anilines is 2. The van der Waals surface area contributed by atoms with Crippen LogP contribution in [0.4, 0.5) is 11.4 Å². The molecule has 0 atom stereocenters. The maximum absolute atomic E-state index is 12.6. The Kier molecular flexibility index (Phi) is 4.79. The first-order valence-electron chi connectivity index (χ1n) is 8.01. The lowest BCUT2D eigenvalue weighted by Crippen LogP contribution is -2.36. The molecular weight excluding hydrogens is 304 g/mol. The Bertz CT molecular complexity index is 709. The Labute approximate surface area is 141 Å². The fourth-order valence-corrected chi connectivity index (χ4v) is 2.53. The molecule has 0 saturated heterocycles. The monoisotopic (exact) mass is 324 g/mol. The molecule has 2 aromatic carbocycles. The molecule has 0 bridgehead atoms. The smallest absolute Gasteiger partial charge is 0.265 e. The molecular formula is C19H20N2O3. The minimum atomic E-state index is -0.117. The zero-order valence-corrected chi connectivity index (χ0v) is 13.6. The molecule has 5 heteroatoms. The highest BCUT2D eigenvalue weighted by atomic mass is 16.5. The van der Waals surface area contributed by atoms with Gasteiger partial charge in [0.1, 0.15) is 5.75 Å². The molecule has 0 radical (unpaired) electrons. The molecule has 1 aliphatic carbocycles. The number of nitrogens with zero attached hydrogens (tertiary/aromatic N) is 1.